The smallest absolute Gasteiger partial charge is 0.136 e. The van der Waals surface area contributed by atoms with Gasteiger partial charge in [-0.2, -0.15) is 0 Å². The molecule has 0 unspecified atom stereocenters. The Morgan fingerprint density at radius 2 is 1.08 bits per heavy atom. The summed E-state index contributed by atoms with van der Waals surface area (Å²) in [7, 11) is 0. The molecule has 228 valence electrons. The van der Waals surface area contributed by atoms with Gasteiger partial charge >= 0.3 is 0 Å². The van der Waals surface area contributed by atoms with E-state index in [2.05, 4.69) is 108 Å². The van der Waals surface area contributed by atoms with E-state index in [4.69, 9.17) is 19.4 Å². The van der Waals surface area contributed by atoms with Crippen molar-refractivity contribution in [2.75, 3.05) is 0 Å². The van der Waals surface area contributed by atoms with Crippen molar-refractivity contribution < 1.29 is 4.42 Å². The van der Waals surface area contributed by atoms with Crippen LogP contribution in [0.2, 0.25) is 0 Å². The molecule has 0 N–H and O–H groups in total. The summed E-state index contributed by atoms with van der Waals surface area (Å²) in [5.74, 6) is 0. The highest BCUT2D eigenvalue weighted by Crippen LogP contribution is 2.38. The van der Waals surface area contributed by atoms with E-state index in [1.807, 2.05) is 55.1 Å². The van der Waals surface area contributed by atoms with Gasteiger partial charge < -0.3 is 4.42 Å². The second kappa shape index (κ2) is 10.9. The molecule has 10 aromatic rings. The molecule has 0 aliphatic heterocycles. The van der Waals surface area contributed by atoms with E-state index in [9.17, 15) is 0 Å². The molecule has 5 nitrogen and oxygen atoms in total. The fraction of sp³-hybridized carbons (Fsp3) is 0. The number of benzene rings is 5. The number of fused-ring (bicyclic) bond motifs is 7. The molecular formula is C44H26N4O. The lowest BCUT2D eigenvalue weighted by Crippen LogP contribution is -1.91. The topological polar surface area (TPSA) is 64.7 Å². The van der Waals surface area contributed by atoms with Crippen LogP contribution in [0.25, 0.3) is 99.3 Å². The predicted molar refractivity (Wildman–Crippen MR) is 199 cm³/mol. The third-order valence-electron chi connectivity index (χ3n) is 9.40. The Hall–Kier alpha value is -6.72. The van der Waals surface area contributed by atoms with Crippen LogP contribution in [0.15, 0.2) is 163 Å². The van der Waals surface area contributed by atoms with Crippen LogP contribution < -0.4 is 0 Å². The van der Waals surface area contributed by atoms with Gasteiger partial charge in [0.15, 0.2) is 0 Å². The molecular weight excluding hydrogens is 601 g/mol. The second-order valence-corrected chi connectivity index (χ2v) is 12.4. The average Bonchev–Trinajstić information content (AvgIpc) is 3.55. The van der Waals surface area contributed by atoms with E-state index in [1.165, 1.54) is 0 Å². The number of nitrogens with zero attached hydrogens (tertiary/aromatic N) is 4. The summed E-state index contributed by atoms with van der Waals surface area (Å²) in [4.78, 5) is 19.1. The van der Waals surface area contributed by atoms with Gasteiger partial charge in [-0.25, -0.2) is 0 Å². The van der Waals surface area contributed by atoms with Crippen molar-refractivity contribution in [3.8, 4) is 44.6 Å². The maximum absolute atomic E-state index is 6.27. The van der Waals surface area contributed by atoms with Crippen LogP contribution >= 0.6 is 0 Å². The Labute approximate surface area is 281 Å². The summed E-state index contributed by atoms with van der Waals surface area (Å²) in [5, 5.41) is 5.47. The van der Waals surface area contributed by atoms with Gasteiger partial charge in [0.1, 0.15) is 11.2 Å². The van der Waals surface area contributed by atoms with Crippen molar-refractivity contribution in [3.63, 3.8) is 0 Å². The molecule has 0 amide bonds. The molecule has 0 radical (unpaired) electrons. The van der Waals surface area contributed by atoms with Gasteiger partial charge in [-0.15, -0.1) is 0 Å². The molecule has 10 rings (SSSR count). The summed E-state index contributed by atoms with van der Waals surface area (Å²) < 4.78 is 6.27. The first-order chi connectivity index (χ1) is 24.2. The van der Waals surface area contributed by atoms with Gasteiger partial charge in [0.25, 0.3) is 0 Å². The molecule has 0 saturated carbocycles. The molecule has 5 heteroatoms. The maximum atomic E-state index is 6.27. The minimum atomic E-state index is 0.868. The number of aromatic nitrogens is 4. The number of hydrogen-bond donors (Lipinski definition) is 0. The quantitative estimate of drug-likeness (QED) is 0.182. The van der Waals surface area contributed by atoms with Crippen LogP contribution in [-0.2, 0) is 0 Å². The Morgan fingerprint density at radius 3 is 1.98 bits per heavy atom. The normalized spacial score (nSPS) is 11.7. The van der Waals surface area contributed by atoms with E-state index in [0.717, 1.165) is 99.3 Å². The second-order valence-electron chi connectivity index (χ2n) is 12.4. The van der Waals surface area contributed by atoms with Crippen molar-refractivity contribution >= 4 is 54.6 Å². The zero-order valence-corrected chi connectivity index (χ0v) is 26.2. The van der Waals surface area contributed by atoms with Gasteiger partial charge in [0, 0.05) is 74.0 Å². The zero-order chi connectivity index (χ0) is 32.3. The molecule has 5 aromatic heterocycles. The van der Waals surface area contributed by atoms with Crippen molar-refractivity contribution in [1.82, 2.24) is 19.9 Å². The number of pyridine rings is 4. The SMILES string of the molecule is c1cnc2c(-c3cc(-c4ccc5c(c4)oc4ccccc45)cc(-c4ccc(-c5cnc6c(ccc7cccnc76)c5)cn4)c3)cccc2c1. The van der Waals surface area contributed by atoms with Gasteiger partial charge in [-0.1, -0.05) is 72.8 Å². The van der Waals surface area contributed by atoms with Gasteiger partial charge in [0.05, 0.1) is 22.2 Å². The lowest BCUT2D eigenvalue weighted by atomic mass is 9.93. The Bertz CT molecular complexity index is 2890. The molecule has 0 aliphatic rings. The van der Waals surface area contributed by atoms with Gasteiger partial charge in [0.2, 0.25) is 0 Å². The van der Waals surface area contributed by atoms with E-state index < -0.39 is 0 Å². The van der Waals surface area contributed by atoms with Crippen molar-refractivity contribution in [3.05, 3.63) is 158 Å². The molecule has 5 aromatic carbocycles. The fourth-order valence-corrected chi connectivity index (χ4v) is 6.97. The molecule has 0 saturated heterocycles. The first kappa shape index (κ1) is 27.4. The van der Waals surface area contributed by atoms with Crippen molar-refractivity contribution in [2.24, 2.45) is 0 Å². The molecule has 0 aliphatic carbocycles. The highest BCUT2D eigenvalue weighted by molar-refractivity contribution is 6.06. The first-order valence-electron chi connectivity index (χ1n) is 16.3. The average molecular weight is 627 g/mol. The highest BCUT2D eigenvalue weighted by atomic mass is 16.3. The molecule has 0 spiro atoms. The fourth-order valence-electron chi connectivity index (χ4n) is 6.97. The van der Waals surface area contributed by atoms with E-state index >= 15 is 0 Å². The molecule has 5 heterocycles. The Morgan fingerprint density at radius 1 is 0.367 bits per heavy atom. The lowest BCUT2D eigenvalue weighted by Gasteiger charge is -2.13. The Balaban J connectivity index is 1.10. The summed E-state index contributed by atoms with van der Waals surface area (Å²) in [6.45, 7) is 0. The van der Waals surface area contributed by atoms with Crippen LogP contribution in [-0.4, -0.2) is 19.9 Å². The van der Waals surface area contributed by atoms with Crippen LogP contribution in [0.5, 0.6) is 0 Å². The lowest BCUT2D eigenvalue weighted by molar-refractivity contribution is 0.669. The minimum absolute atomic E-state index is 0.868. The largest absolute Gasteiger partial charge is 0.456 e. The van der Waals surface area contributed by atoms with E-state index in [0.29, 0.717) is 0 Å². The summed E-state index contributed by atoms with van der Waals surface area (Å²) in [6, 6.07) is 46.3. The van der Waals surface area contributed by atoms with Crippen LogP contribution in [0.3, 0.4) is 0 Å². The number of furan rings is 1. The van der Waals surface area contributed by atoms with E-state index in [1.54, 1.807) is 0 Å². The minimum Gasteiger partial charge on any atom is -0.456 e. The monoisotopic (exact) mass is 626 g/mol. The van der Waals surface area contributed by atoms with Crippen molar-refractivity contribution in [1.29, 1.82) is 0 Å². The maximum Gasteiger partial charge on any atom is 0.136 e. The standard InChI is InChI=1S/C44H26N4O/c1-2-11-40-37(9-1)38-16-14-29(24-41(38)49-40)32-21-33(36-10-3-6-27-7-4-18-45-42(27)36)23-34(22-32)39-17-15-31(25-47-39)35-20-30-13-12-28-8-5-19-46-43(28)44(30)48-26-35/h1-26H. The summed E-state index contributed by atoms with van der Waals surface area (Å²) in [6.07, 6.45) is 7.51. The Kier molecular flexibility index (Phi) is 6.11. The van der Waals surface area contributed by atoms with E-state index in [-0.39, 0.29) is 0 Å². The number of rotatable bonds is 4. The number of para-hydroxylation sites is 2. The number of hydrogen-bond acceptors (Lipinski definition) is 5. The summed E-state index contributed by atoms with van der Waals surface area (Å²) in [5.41, 5.74) is 12.8. The molecule has 0 fully saturated rings. The zero-order valence-electron chi connectivity index (χ0n) is 26.2. The molecule has 49 heavy (non-hydrogen) atoms. The third kappa shape index (κ3) is 4.63. The summed E-state index contributed by atoms with van der Waals surface area (Å²) >= 11 is 0. The molecule has 0 bridgehead atoms. The van der Waals surface area contributed by atoms with Crippen LogP contribution in [0, 0.1) is 0 Å². The van der Waals surface area contributed by atoms with Crippen LogP contribution in [0.4, 0.5) is 0 Å². The van der Waals surface area contributed by atoms with Crippen LogP contribution in [0.1, 0.15) is 0 Å². The van der Waals surface area contributed by atoms with Crippen molar-refractivity contribution in [2.45, 2.75) is 0 Å². The first-order valence-corrected chi connectivity index (χ1v) is 16.3. The highest BCUT2D eigenvalue weighted by Gasteiger charge is 2.14. The third-order valence-corrected chi connectivity index (χ3v) is 9.40. The predicted octanol–water partition coefficient (Wildman–Crippen LogP) is 11.3. The molecule has 0 atom stereocenters. The van der Waals surface area contributed by atoms with Gasteiger partial charge in [-0.05, 0) is 77.4 Å². The van der Waals surface area contributed by atoms with Gasteiger partial charge in [-0.3, -0.25) is 19.9 Å².